The van der Waals surface area contributed by atoms with Crippen molar-refractivity contribution in [3.8, 4) is 11.5 Å². The van der Waals surface area contributed by atoms with E-state index >= 15 is 0 Å². The number of carbonyl (C=O) groups excluding carboxylic acids is 1. The summed E-state index contributed by atoms with van der Waals surface area (Å²) >= 11 is 0. The molecule has 176 valence electrons. The minimum Gasteiger partial charge on any atom is -0.493 e. The molecule has 1 amide bonds. The van der Waals surface area contributed by atoms with Gasteiger partial charge < -0.3 is 25.4 Å². The first-order valence-electron chi connectivity index (χ1n) is 10.7. The maximum Gasteiger partial charge on any atom is 0.251 e. The number of hydrogen-bond acceptors (Lipinski definition) is 4. The lowest BCUT2D eigenvalue weighted by Gasteiger charge is -2.13. The average molecular weight is 554 g/mol. The molecule has 2 rings (SSSR count). The SMILES string of the molecule is CCOc1cc(CCCNC(=NC)NCCc2cccc(C(=O)NC)c2)ccc1OC.I. The maximum absolute atomic E-state index is 11.8. The number of ether oxygens (including phenoxy) is 2. The van der Waals surface area contributed by atoms with Crippen LogP contribution >= 0.6 is 24.0 Å². The molecule has 0 radical (unpaired) electrons. The number of guanidine groups is 1. The van der Waals surface area contributed by atoms with Crippen LogP contribution in [0, 0.1) is 0 Å². The molecule has 0 aromatic heterocycles. The molecule has 0 saturated heterocycles. The van der Waals surface area contributed by atoms with Crippen LogP contribution in [0.2, 0.25) is 0 Å². The van der Waals surface area contributed by atoms with Crippen molar-refractivity contribution in [2.75, 3.05) is 40.9 Å². The van der Waals surface area contributed by atoms with E-state index in [1.165, 1.54) is 5.56 Å². The van der Waals surface area contributed by atoms with E-state index < -0.39 is 0 Å². The van der Waals surface area contributed by atoms with Crippen molar-refractivity contribution < 1.29 is 14.3 Å². The molecule has 8 heteroatoms. The van der Waals surface area contributed by atoms with E-state index in [2.05, 4.69) is 27.0 Å². The van der Waals surface area contributed by atoms with E-state index in [-0.39, 0.29) is 29.9 Å². The smallest absolute Gasteiger partial charge is 0.251 e. The van der Waals surface area contributed by atoms with Crippen LogP contribution in [-0.2, 0) is 12.8 Å². The molecule has 0 fully saturated rings. The summed E-state index contributed by atoms with van der Waals surface area (Å²) in [6.07, 6.45) is 2.70. The third-order valence-corrected chi connectivity index (χ3v) is 4.81. The van der Waals surface area contributed by atoms with Gasteiger partial charge in [0.05, 0.1) is 13.7 Å². The van der Waals surface area contributed by atoms with Gasteiger partial charge in [-0.2, -0.15) is 0 Å². The van der Waals surface area contributed by atoms with Crippen LogP contribution in [0.25, 0.3) is 0 Å². The predicted octanol–water partition coefficient (Wildman–Crippen LogP) is 3.41. The minimum absolute atomic E-state index is 0. The monoisotopic (exact) mass is 554 g/mol. The van der Waals surface area contributed by atoms with E-state index in [1.807, 2.05) is 43.3 Å². The Kier molecular flexibility index (Phi) is 13.2. The standard InChI is InChI=1S/C24H34N4O3.HI/c1-5-31-22-17-18(11-12-21(22)30-4)9-7-14-27-24(26-3)28-15-13-19-8-6-10-20(16-19)23(29)25-2;/h6,8,10-12,16-17H,5,7,9,13-15H2,1-4H3,(H,25,29)(H2,26,27,28);1H. The lowest BCUT2D eigenvalue weighted by molar-refractivity contribution is 0.0963. The Morgan fingerprint density at radius 1 is 1.00 bits per heavy atom. The summed E-state index contributed by atoms with van der Waals surface area (Å²) in [5, 5.41) is 9.32. The van der Waals surface area contributed by atoms with E-state index in [4.69, 9.17) is 9.47 Å². The second-order valence-corrected chi connectivity index (χ2v) is 6.98. The molecule has 0 saturated carbocycles. The topological polar surface area (TPSA) is 84.0 Å². The summed E-state index contributed by atoms with van der Waals surface area (Å²) in [7, 11) is 5.05. The Bertz CT molecular complexity index is 874. The fourth-order valence-electron chi connectivity index (χ4n) is 3.20. The van der Waals surface area contributed by atoms with Gasteiger partial charge in [0.1, 0.15) is 0 Å². The number of aryl methyl sites for hydroxylation is 1. The van der Waals surface area contributed by atoms with Gasteiger partial charge in [-0.05, 0) is 61.6 Å². The second-order valence-electron chi connectivity index (χ2n) is 6.98. The van der Waals surface area contributed by atoms with Crippen molar-refractivity contribution in [3.63, 3.8) is 0 Å². The lowest BCUT2D eigenvalue weighted by atomic mass is 10.1. The number of nitrogens with one attached hydrogen (secondary N) is 3. The lowest BCUT2D eigenvalue weighted by Crippen LogP contribution is -2.38. The zero-order chi connectivity index (χ0) is 22.5. The van der Waals surface area contributed by atoms with Crippen molar-refractivity contribution in [3.05, 3.63) is 59.2 Å². The molecule has 7 nitrogen and oxygen atoms in total. The van der Waals surface area contributed by atoms with E-state index in [0.717, 1.165) is 55.4 Å². The summed E-state index contributed by atoms with van der Waals surface area (Å²) in [4.78, 5) is 16.0. The second kappa shape index (κ2) is 15.3. The van der Waals surface area contributed by atoms with Gasteiger partial charge in [0, 0.05) is 32.7 Å². The molecule has 2 aromatic carbocycles. The van der Waals surface area contributed by atoms with Crippen molar-refractivity contribution in [2.45, 2.75) is 26.2 Å². The quantitative estimate of drug-likeness (QED) is 0.172. The van der Waals surface area contributed by atoms with Crippen LogP contribution in [-0.4, -0.2) is 52.8 Å². The maximum atomic E-state index is 11.8. The number of rotatable bonds is 11. The van der Waals surface area contributed by atoms with Crippen LogP contribution in [0.4, 0.5) is 0 Å². The Labute approximate surface area is 208 Å². The Balaban J connectivity index is 0.00000512. The summed E-state index contributed by atoms with van der Waals surface area (Å²) in [5.41, 5.74) is 2.99. The van der Waals surface area contributed by atoms with Crippen molar-refractivity contribution in [1.29, 1.82) is 0 Å². The fourth-order valence-corrected chi connectivity index (χ4v) is 3.20. The molecule has 0 bridgehead atoms. The van der Waals surface area contributed by atoms with Crippen LogP contribution in [0.1, 0.15) is 34.8 Å². The number of halogens is 1. The number of benzene rings is 2. The molecular formula is C24H35IN4O3. The summed E-state index contributed by atoms with van der Waals surface area (Å²) < 4.78 is 11.0. The molecule has 3 N–H and O–H groups in total. The fraction of sp³-hybridized carbons (Fsp3) is 0.417. The van der Waals surface area contributed by atoms with Gasteiger partial charge in [-0.3, -0.25) is 9.79 Å². The molecule has 0 spiro atoms. The number of amides is 1. The van der Waals surface area contributed by atoms with E-state index in [0.29, 0.717) is 12.2 Å². The van der Waals surface area contributed by atoms with Crippen molar-refractivity contribution in [1.82, 2.24) is 16.0 Å². The normalized spacial score (nSPS) is 10.7. The Hall–Kier alpha value is -2.49. The molecule has 2 aromatic rings. The number of methoxy groups -OCH3 is 1. The summed E-state index contributed by atoms with van der Waals surface area (Å²) in [6, 6.07) is 13.7. The Morgan fingerprint density at radius 2 is 1.75 bits per heavy atom. The zero-order valence-electron chi connectivity index (χ0n) is 19.4. The molecular weight excluding hydrogens is 519 g/mol. The van der Waals surface area contributed by atoms with Gasteiger partial charge in [-0.1, -0.05) is 18.2 Å². The van der Waals surface area contributed by atoms with Crippen LogP contribution in [0.3, 0.4) is 0 Å². The van der Waals surface area contributed by atoms with Gasteiger partial charge in [0.2, 0.25) is 0 Å². The molecule has 0 heterocycles. The van der Waals surface area contributed by atoms with Crippen LogP contribution < -0.4 is 25.4 Å². The molecule has 0 aliphatic carbocycles. The average Bonchev–Trinajstić information content (AvgIpc) is 2.80. The largest absolute Gasteiger partial charge is 0.493 e. The summed E-state index contributed by atoms with van der Waals surface area (Å²) in [5.74, 6) is 2.24. The van der Waals surface area contributed by atoms with Gasteiger partial charge in [0.15, 0.2) is 17.5 Å². The number of hydrogen-bond donors (Lipinski definition) is 3. The highest BCUT2D eigenvalue weighted by atomic mass is 127. The van der Waals surface area contributed by atoms with Crippen LogP contribution in [0.5, 0.6) is 11.5 Å². The summed E-state index contributed by atoms with van der Waals surface area (Å²) in [6.45, 7) is 4.11. The van der Waals surface area contributed by atoms with Gasteiger partial charge >= 0.3 is 0 Å². The van der Waals surface area contributed by atoms with E-state index in [9.17, 15) is 4.79 Å². The number of carbonyl (C=O) groups is 1. The molecule has 0 aliphatic rings. The highest BCUT2D eigenvalue weighted by molar-refractivity contribution is 14.0. The molecule has 0 aliphatic heterocycles. The van der Waals surface area contributed by atoms with Crippen molar-refractivity contribution >= 4 is 35.8 Å². The molecule has 0 atom stereocenters. The Morgan fingerprint density at radius 3 is 2.44 bits per heavy atom. The first-order valence-corrected chi connectivity index (χ1v) is 10.7. The minimum atomic E-state index is -0.0717. The third kappa shape index (κ3) is 8.94. The van der Waals surface area contributed by atoms with Gasteiger partial charge in [-0.15, -0.1) is 24.0 Å². The number of aliphatic imine (C=N–C) groups is 1. The highest BCUT2D eigenvalue weighted by Gasteiger charge is 2.06. The highest BCUT2D eigenvalue weighted by Crippen LogP contribution is 2.28. The molecule has 32 heavy (non-hydrogen) atoms. The first-order chi connectivity index (χ1) is 15.1. The molecule has 0 unspecified atom stereocenters. The zero-order valence-corrected chi connectivity index (χ0v) is 21.7. The van der Waals surface area contributed by atoms with E-state index in [1.54, 1.807) is 21.2 Å². The van der Waals surface area contributed by atoms with Gasteiger partial charge in [-0.25, -0.2) is 0 Å². The third-order valence-electron chi connectivity index (χ3n) is 4.81. The van der Waals surface area contributed by atoms with Crippen LogP contribution in [0.15, 0.2) is 47.5 Å². The first kappa shape index (κ1) is 27.5. The number of nitrogens with zero attached hydrogens (tertiary/aromatic N) is 1. The predicted molar refractivity (Wildman–Crippen MR) is 141 cm³/mol. The van der Waals surface area contributed by atoms with Crippen molar-refractivity contribution in [2.24, 2.45) is 4.99 Å². The van der Waals surface area contributed by atoms with Gasteiger partial charge in [0.25, 0.3) is 5.91 Å².